The van der Waals surface area contributed by atoms with E-state index in [2.05, 4.69) is 18.2 Å². The second-order valence-corrected chi connectivity index (χ2v) is 4.78. The molecule has 3 rings (SSSR count). The number of nitrogens with two attached hydrogens (primary N) is 1. The molecule has 0 fully saturated rings. The average Bonchev–Trinajstić information content (AvgIpc) is 2.18. The summed E-state index contributed by atoms with van der Waals surface area (Å²) in [4.78, 5) is 0. The maximum atomic E-state index is 6.09. The minimum Gasteiger partial charge on any atom is -0.327 e. The van der Waals surface area contributed by atoms with E-state index in [9.17, 15) is 0 Å². The Morgan fingerprint density at radius 2 is 2.07 bits per heavy atom. The van der Waals surface area contributed by atoms with Gasteiger partial charge in [0, 0.05) is 6.04 Å². The Hall–Kier alpha value is -0.820. The van der Waals surface area contributed by atoms with Crippen LogP contribution in [-0.2, 0) is 12.8 Å². The highest BCUT2D eigenvalue weighted by atomic mass is 14.6. The zero-order valence-electron chi connectivity index (χ0n) is 8.50. The summed E-state index contributed by atoms with van der Waals surface area (Å²) < 4.78 is 0. The van der Waals surface area contributed by atoms with Crippen LogP contribution in [0, 0.1) is 0 Å². The SMILES string of the molecule is N[C@H]1Cc2cccc3c2[C@@H](CCC3)C1. The summed E-state index contributed by atoms with van der Waals surface area (Å²) in [5, 5.41) is 0. The van der Waals surface area contributed by atoms with E-state index in [0.717, 1.165) is 12.3 Å². The molecule has 2 aliphatic rings. The second kappa shape index (κ2) is 3.09. The van der Waals surface area contributed by atoms with Gasteiger partial charge < -0.3 is 5.73 Å². The monoisotopic (exact) mass is 187 g/mol. The fraction of sp³-hybridized carbons (Fsp3) is 0.538. The first-order valence-corrected chi connectivity index (χ1v) is 5.71. The van der Waals surface area contributed by atoms with E-state index >= 15 is 0 Å². The van der Waals surface area contributed by atoms with Gasteiger partial charge in [0.1, 0.15) is 0 Å². The number of benzene rings is 1. The Bertz CT molecular complexity index is 356. The topological polar surface area (TPSA) is 26.0 Å². The third kappa shape index (κ3) is 1.19. The number of hydrogen-bond acceptors (Lipinski definition) is 1. The van der Waals surface area contributed by atoms with Crippen molar-refractivity contribution < 1.29 is 0 Å². The van der Waals surface area contributed by atoms with Crippen molar-refractivity contribution in [3.63, 3.8) is 0 Å². The van der Waals surface area contributed by atoms with Crippen molar-refractivity contribution in [2.75, 3.05) is 0 Å². The van der Waals surface area contributed by atoms with E-state index < -0.39 is 0 Å². The Labute approximate surface area is 85.3 Å². The van der Waals surface area contributed by atoms with Gasteiger partial charge >= 0.3 is 0 Å². The van der Waals surface area contributed by atoms with Gasteiger partial charge in [0.2, 0.25) is 0 Å². The molecule has 74 valence electrons. The molecule has 1 heteroatoms. The lowest BCUT2D eigenvalue weighted by atomic mass is 9.72. The summed E-state index contributed by atoms with van der Waals surface area (Å²) in [5.74, 6) is 0.777. The molecule has 2 aliphatic carbocycles. The minimum atomic E-state index is 0.404. The zero-order chi connectivity index (χ0) is 9.54. The first-order valence-electron chi connectivity index (χ1n) is 5.71. The molecule has 0 unspecified atom stereocenters. The standard InChI is InChI=1S/C13H17N/c14-12-7-10-5-1-3-9-4-2-6-11(8-12)13(9)10/h1,3,5,11-12H,2,4,6-8,14H2/t11-,12-/m0/s1. The summed E-state index contributed by atoms with van der Waals surface area (Å²) in [7, 11) is 0. The molecule has 0 aromatic heterocycles. The van der Waals surface area contributed by atoms with Crippen molar-refractivity contribution in [2.45, 2.75) is 44.1 Å². The van der Waals surface area contributed by atoms with Gasteiger partial charge in [-0.15, -0.1) is 0 Å². The van der Waals surface area contributed by atoms with Gasteiger partial charge in [0.05, 0.1) is 0 Å². The molecular weight excluding hydrogens is 170 g/mol. The van der Waals surface area contributed by atoms with Crippen LogP contribution in [0.2, 0.25) is 0 Å². The smallest absolute Gasteiger partial charge is 0.00852 e. The van der Waals surface area contributed by atoms with Gasteiger partial charge in [-0.25, -0.2) is 0 Å². The van der Waals surface area contributed by atoms with Crippen LogP contribution < -0.4 is 5.73 Å². The second-order valence-electron chi connectivity index (χ2n) is 4.78. The summed E-state index contributed by atoms with van der Waals surface area (Å²) >= 11 is 0. The number of hydrogen-bond donors (Lipinski definition) is 1. The molecule has 0 aliphatic heterocycles. The maximum absolute atomic E-state index is 6.09. The zero-order valence-corrected chi connectivity index (χ0v) is 8.50. The molecule has 1 aromatic rings. The van der Waals surface area contributed by atoms with Gasteiger partial charge in [0.15, 0.2) is 0 Å². The minimum absolute atomic E-state index is 0.404. The van der Waals surface area contributed by atoms with Crippen molar-refractivity contribution in [1.29, 1.82) is 0 Å². The van der Waals surface area contributed by atoms with E-state index in [-0.39, 0.29) is 0 Å². The van der Waals surface area contributed by atoms with Crippen molar-refractivity contribution in [1.82, 2.24) is 0 Å². The fourth-order valence-corrected chi connectivity index (χ4v) is 3.24. The molecule has 1 aromatic carbocycles. The average molecular weight is 187 g/mol. The van der Waals surface area contributed by atoms with E-state index in [0.29, 0.717) is 6.04 Å². The van der Waals surface area contributed by atoms with E-state index in [4.69, 9.17) is 5.73 Å². The summed E-state index contributed by atoms with van der Waals surface area (Å²) in [5.41, 5.74) is 10.9. The third-order valence-electron chi connectivity index (χ3n) is 3.76. The third-order valence-corrected chi connectivity index (χ3v) is 3.76. The number of rotatable bonds is 0. The van der Waals surface area contributed by atoms with Gasteiger partial charge in [-0.3, -0.25) is 0 Å². The molecule has 0 bridgehead atoms. The fourth-order valence-electron chi connectivity index (χ4n) is 3.24. The first kappa shape index (κ1) is 8.49. The van der Waals surface area contributed by atoms with Gasteiger partial charge in [-0.05, 0) is 54.7 Å². The van der Waals surface area contributed by atoms with Crippen LogP contribution in [0.4, 0.5) is 0 Å². The van der Waals surface area contributed by atoms with Crippen LogP contribution in [0.15, 0.2) is 18.2 Å². The first-order chi connectivity index (χ1) is 6.84. The Morgan fingerprint density at radius 1 is 1.21 bits per heavy atom. The van der Waals surface area contributed by atoms with Gasteiger partial charge in [-0.2, -0.15) is 0 Å². The van der Waals surface area contributed by atoms with Gasteiger partial charge in [0.25, 0.3) is 0 Å². The largest absolute Gasteiger partial charge is 0.327 e. The Balaban J connectivity index is 2.14. The highest BCUT2D eigenvalue weighted by Crippen LogP contribution is 2.40. The molecule has 2 atom stereocenters. The molecule has 0 amide bonds. The molecule has 0 radical (unpaired) electrons. The molecule has 0 saturated heterocycles. The predicted molar refractivity (Wildman–Crippen MR) is 58.4 cm³/mol. The van der Waals surface area contributed by atoms with Crippen LogP contribution in [0.1, 0.15) is 41.9 Å². The van der Waals surface area contributed by atoms with Crippen LogP contribution in [0.5, 0.6) is 0 Å². The van der Waals surface area contributed by atoms with Crippen molar-refractivity contribution >= 4 is 0 Å². The quantitative estimate of drug-likeness (QED) is 0.663. The summed E-state index contributed by atoms with van der Waals surface area (Å²) in [6, 6.07) is 7.19. The van der Waals surface area contributed by atoms with E-state index in [1.807, 2.05) is 0 Å². The summed E-state index contributed by atoms with van der Waals surface area (Å²) in [6.07, 6.45) is 6.31. The molecular formula is C13H17N. The van der Waals surface area contributed by atoms with Gasteiger partial charge in [-0.1, -0.05) is 18.2 Å². The number of aryl methyl sites for hydroxylation is 1. The Kier molecular flexibility index (Phi) is 1.88. The van der Waals surface area contributed by atoms with Crippen molar-refractivity contribution in [2.24, 2.45) is 5.73 Å². The molecule has 0 saturated carbocycles. The van der Waals surface area contributed by atoms with E-state index in [1.54, 1.807) is 11.1 Å². The molecule has 2 N–H and O–H groups in total. The lowest BCUT2D eigenvalue weighted by Crippen LogP contribution is -2.32. The predicted octanol–water partition coefficient (Wildman–Crippen LogP) is 2.38. The van der Waals surface area contributed by atoms with Crippen molar-refractivity contribution in [3.8, 4) is 0 Å². The van der Waals surface area contributed by atoms with Crippen molar-refractivity contribution in [3.05, 3.63) is 34.9 Å². The summed E-state index contributed by atoms with van der Waals surface area (Å²) in [6.45, 7) is 0. The molecule has 0 spiro atoms. The Morgan fingerprint density at radius 3 is 3.00 bits per heavy atom. The molecule has 0 heterocycles. The lowest BCUT2D eigenvalue weighted by molar-refractivity contribution is 0.436. The van der Waals surface area contributed by atoms with Crippen LogP contribution in [0.25, 0.3) is 0 Å². The normalized spacial score (nSPS) is 29.8. The van der Waals surface area contributed by atoms with Crippen LogP contribution >= 0.6 is 0 Å². The molecule has 14 heavy (non-hydrogen) atoms. The maximum Gasteiger partial charge on any atom is 0.00852 e. The highest BCUT2D eigenvalue weighted by Gasteiger charge is 2.28. The molecule has 1 nitrogen and oxygen atoms in total. The lowest BCUT2D eigenvalue weighted by Gasteiger charge is -2.34. The van der Waals surface area contributed by atoms with Crippen LogP contribution in [0.3, 0.4) is 0 Å². The van der Waals surface area contributed by atoms with E-state index in [1.165, 1.54) is 31.2 Å². The highest BCUT2D eigenvalue weighted by molar-refractivity contribution is 5.42. The van der Waals surface area contributed by atoms with Crippen LogP contribution in [-0.4, -0.2) is 6.04 Å².